The van der Waals surface area contributed by atoms with Crippen LogP contribution in [-0.2, 0) is 4.74 Å². The molecule has 4 rings (SSSR count). The van der Waals surface area contributed by atoms with Crippen LogP contribution < -0.4 is 10.1 Å². The van der Waals surface area contributed by atoms with Gasteiger partial charge in [-0.05, 0) is 34.5 Å². The molecule has 0 saturated heterocycles. The highest BCUT2D eigenvalue weighted by molar-refractivity contribution is 6.42. The molecule has 0 aliphatic carbocycles. The molecule has 0 spiro atoms. The van der Waals surface area contributed by atoms with Crippen LogP contribution in [0.25, 0.3) is 21.9 Å². The predicted molar refractivity (Wildman–Crippen MR) is 128 cm³/mol. The number of amidine groups is 1. The van der Waals surface area contributed by atoms with Crippen LogP contribution >= 0.6 is 23.2 Å². The lowest BCUT2D eigenvalue weighted by atomic mass is 9.93. The first-order valence-electron chi connectivity index (χ1n) is 10.1. The number of ether oxygens (including phenoxy) is 2. The Morgan fingerprint density at radius 2 is 1.80 bits per heavy atom. The summed E-state index contributed by atoms with van der Waals surface area (Å²) in [5.41, 5.74) is 2.85. The number of aliphatic imine (C=N–C) groups is 1. The molecule has 30 heavy (non-hydrogen) atoms. The number of fused-ring (bicyclic) bond motifs is 1. The number of methoxy groups -OCH3 is 1. The minimum Gasteiger partial charge on any atom is -0.490 e. The van der Waals surface area contributed by atoms with E-state index in [1.54, 1.807) is 7.11 Å². The van der Waals surface area contributed by atoms with Gasteiger partial charge in [0.25, 0.3) is 0 Å². The summed E-state index contributed by atoms with van der Waals surface area (Å²) in [6.07, 6.45) is 0. The van der Waals surface area contributed by atoms with Crippen molar-refractivity contribution in [2.45, 2.75) is 13.8 Å². The number of rotatable bonds is 6. The van der Waals surface area contributed by atoms with Crippen LogP contribution in [0.4, 0.5) is 0 Å². The van der Waals surface area contributed by atoms with Crippen molar-refractivity contribution < 1.29 is 9.47 Å². The SMILES string of the molecule is CC.COCCOc1c(C2=NCCN2)cc2ccccc2c1-c1ccc(Cl)c(Cl)c1. The Labute approximate surface area is 187 Å². The third kappa shape index (κ3) is 4.72. The summed E-state index contributed by atoms with van der Waals surface area (Å²) in [5, 5.41) is 6.57. The van der Waals surface area contributed by atoms with E-state index in [1.807, 2.05) is 44.2 Å². The Morgan fingerprint density at radius 1 is 1.00 bits per heavy atom. The molecule has 0 bridgehead atoms. The summed E-state index contributed by atoms with van der Waals surface area (Å²) in [7, 11) is 1.66. The van der Waals surface area contributed by atoms with Crippen LogP contribution in [0, 0.1) is 0 Å². The number of nitrogens with zero attached hydrogens (tertiary/aromatic N) is 1. The van der Waals surface area contributed by atoms with E-state index in [2.05, 4.69) is 28.5 Å². The molecule has 3 aromatic carbocycles. The molecule has 0 saturated carbocycles. The third-order valence-corrected chi connectivity index (χ3v) is 5.41. The van der Waals surface area contributed by atoms with Gasteiger partial charge in [-0.3, -0.25) is 4.99 Å². The van der Waals surface area contributed by atoms with Gasteiger partial charge in [-0.2, -0.15) is 0 Å². The molecular formula is C24H26Cl2N2O2. The van der Waals surface area contributed by atoms with Gasteiger partial charge < -0.3 is 14.8 Å². The maximum atomic E-state index is 6.33. The van der Waals surface area contributed by atoms with Crippen molar-refractivity contribution in [1.29, 1.82) is 0 Å². The highest BCUT2D eigenvalue weighted by Gasteiger charge is 2.21. The van der Waals surface area contributed by atoms with Crippen molar-refractivity contribution in [2.75, 3.05) is 33.4 Å². The smallest absolute Gasteiger partial charge is 0.138 e. The molecule has 158 valence electrons. The molecule has 4 nitrogen and oxygen atoms in total. The first-order valence-corrected chi connectivity index (χ1v) is 10.9. The number of nitrogens with one attached hydrogen (secondary N) is 1. The van der Waals surface area contributed by atoms with Crippen LogP contribution in [0.1, 0.15) is 19.4 Å². The molecule has 0 fully saturated rings. The van der Waals surface area contributed by atoms with Gasteiger partial charge in [0, 0.05) is 19.2 Å². The minimum atomic E-state index is 0.434. The number of hydrogen-bond donors (Lipinski definition) is 1. The van der Waals surface area contributed by atoms with Gasteiger partial charge in [0.05, 0.1) is 28.8 Å². The van der Waals surface area contributed by atoms with E-state index >= 15 is 0 Å². The highest BCUT2D eigenvalue weighted by atomic mass is 35.5. The molecule has 3 aromatic rings. The molecule has 1 aliphatic heterocycles. The molecule has 0 radical (unpaired) electrons. The van der Waals surface area contributed by atoms with E-state index in [0.29, 0.717) is 23.3 Å². The molecule has 0 atom stereocenters. The normalized spacial score (nSPS) is 12.8. The van der Waals surface area contributed by atoms with Crippen LogP contribution in [0.2, 0.25) is 10.0 Å². The molecular weight excluding hydrogens is 419 g/mol. The zero-order chi connectivity index (χ0) is 21.5. The van der Waals surface area contributed by atoms with Gasteiger partial charge in [-0.15, -0.1) is 0 Å². The molecule has 1 heterocycles. The standard InChI is InChI=1S/C22H20Cl2N2O2.C2H6/c1-27-10-11-28-21-17(22-25-8-9-26-22)12-14-4-2-3-5-16(14)20(21)15-6-7-18(23)19(24)13-15;1-2/h2-7,12-13H,8-11H2,1H3,(H,25,26);1-2H3. The van der Waals surface area contributed by atoms with Crippen molar-refractivity contribution in [1.82, 2.24) is 5.32 Å². The van der Waals surface area contributed by atoms with E-state index in [1.165, 1.54) is 0 Å². The van der Waals surface area contributed by atoms with Crippen LogP contribution in [0.3, 0.4) is 0 Å². The molecule has 6 heteroatoms. The average Bonchev–Trinajstić information content (AvgIpc) is 3.31. The quantitative estimate of drug-likeness (QED) is 0.459. The Morgan fingerprint density at radius 3 is 2.50 bits per heavy atom. The number of hydrogen-bond acceptors (Lipinski definition) is 4. The van der Waals surface area contributed by atoms with Crippen LogP contribution in [0.5, 0.6) is 5.75 Å². The van der Waals surface area contributed by atoms with Crippen molar-refractivity contribution in [3.63, 3.8) is 0 Å². The highest BCUT2D eigenvalue weighted by Crippen LogP contribution is 2.42. The predicted octanol–water partition coefficient (Wildman–Crippen LogP) is 6.21. The zero-order valence-corrected chi connectivity index (χ0v) is 19.0. The maximum absolute atomic E-state index is 6.33. The number of benzene rings is 3. The third-order valence-electron chi connectivity index (χ3n) is 4.67. The second-order valence-electron chi connectivity index (χ2n) is 6.48. The first-order chi connectivity index (χ1) is 14.7. The lowest BCUT2D eigenvalue weighted by molar-refractivity contribution is 0.146. The lowest BCUT2D eigenvalue weighted by Gasteiger charge is -2.19. The summed E-state index contributed by atoms with van der Waals surface area (Å²) in [4.78, 5) is 4.62. The molecule has 0 aromatic heterocycles. The van der Waals surface area contributed by atoms with Crippen molar-refractivity contribution in [3.8, 4) is 16.9 Å². The molecule has 0 amide bonds. The fraction of sp³-hybridized carbons (Fsp3) is 0.292. The largest absolute Gasteiger partial charge is 0.490 e. The summed E-state index contributed by atoms with van der Waals surface area (Å²) in [5.74, 6) is 1.61. The second-order valence-corrected chi connectivity index (χ2v) is 7.29. The Balaban J connectivity index is 0.00000124. The van der Waals surface area contributed by atoms with E-state index in [4.69, 9.17) is 32.7 Å². The Bertz CT molecular complexity index is 1050. The molecule has 1 N–H and O–H groups in total. The monoisotopic (exact) mass is 444 g/mol. The van der Waals surface area contributed by atoms with Gasteiger partial charge in [0.1, 0.15) is 18.2 Å². The van der Waals surface area contributed by atoms with Crippen molar-refractivity contribution in [2.24, 2.45) is 4.99 Å². The summed E-state index contributed by atoms with van der Waals surface area (Å²) >= 11 is 12.5. The van der Waals surface area contributed by atoms with Gasteiger partial charge in [0.2, 0.25) is 0 Å². The van der Waals surface area contributed by atoms with Crippen molar-refractivity contribution >= 4 is 39.8 Å². The summed E-state index contributed by atoms with van der Waals surface area (Å²) < 4.78 is 11.4. The maximum Gasteiger partial charge on any atom is 0.138 e. The second kappa shape index (κ2) is 10.7. The van der Waals surface area contributed by atoms with Crippen LogP contribution in [0.15, 0.2) is 53.5 Å². The van der Waals surface area contributed by atoms with Gasteiger partial charge in [0.15, 0.2) is 0 Å². The van der Waals surface area contributed by atoms with Crippen molar-refractivity contribution in [3.05, 3.63) is 64.1 Å². The average molecular weight is 445 g/mol. The molecule has 0 unspecified atom stereocenters. The van der Waals surface area contributed by atoms with Gasteiger partial charge in [-0.25, -0.2) is 0 Å². The van der Waals surface area contributed by atoms with Gasteiger partial charge in [-0.1, -0.05) is 67.4 Å². The number of halogens is 2. The Kier molecular flexibility index (Phi) is 7.97. The zero-order valence-electron chi connectivity index (χ0n) is 17.5. The van der Waals surface area contributed by atoms with E-state index in [-0.39, 0.29) is 0 Å². The summed E-state index contributed by atoms with van der Waals surface area (Å²) in [6.45, 7) is 6.50. The van der Waals surface area contributed by atoms with E-state index < -0.39 is 0 Å². The first kappa shape index (κ1) is 22.4. The van der Waals surface area contributed by atoms with Crippen LogP contribution in [-0.4, -0.2) is 39.2 Å². The molecule has 1 aliphatic rings. The Hall–Kier alpha value is -2.27. The minimum absolute atomic E-state index is 0.434. The topological polar surface area (TPSA) is 42.9 Å². The fourth-order valence-electron chi connectivity index (χ4n) is 3.40. The van der Waals surface area contributed by atoms with E-state index in [0.717, 1.165) is 52.1 Å². The fourth-order valence-corrected chi connectivity index (χ4v) is 3.70. The van der Waals surface area contributed by atoms with E-state index in [9.17, 15) is 0 Å². The lowest BCUT2D eigenvalue weighted by Crippen LogP contribution is -2.21. The van der Waals surface area contributed by atoms with Gasteiger partial charge >= 0.3 is 0 Å². The summed E-state index contributed by atoms with van der Waals surface area (Å²) in [6, 6.07) is 16.0.